The highest BCUT2D eigenvalue weighted by atomic mass is 19.2. The molecular weight excluding hydrogens is 923 g/mol. The number of benzene rings is 6. The summed E-state index contributed by atoms with van der Waals surface area (Å²) in [5, 5.41) is 3.59. The molecule has 1 heterocycles. The van der Waals surface area contributed by atoms with Crippen molar-refractivity contribution in [3.05, 3.63) is 171 Å². The monoisotopic (exact) mass is 944 g/mol. The maximum Gasteiger partial charge on any atom is 0.367 e. The smallest absolute Gasteiger partial charge is 0.211 e. The van der Waals surface area contributed by atoms with Crippen molar-refractivity contribution in [1.82, 2.24) is 0 Å². The summed E-state index contributed by atoms with van der Waals surface area (Å²) in [5.41, 5.74) is -13.2. The van der Waals surface area contributed by atoms with E-state index in [9.17, 15) is 52.7 Å². The van der Waals surface area contributed by atoms with Gasteiger partial charge in [-0.15, -0.1) is 21.9 Å². The van der Waals surface area contributed by atoms with Gasteiger partial charge in [-0.2, -0.15) is 0 Å². The van der Waals surface area contributed by atoms with Crippen LogP contribution in [0.5, 0.6) is 0 Å². The maximum absolute atomic E-state index is 15.4. The fourth-order valence-corrected chi connectivity index (χ4v) is 7.80. The Bertz CT molecular complexity index is 2720. The van der Waals surface area contributed by atoms with Crippen LogP contribution in [0, 0.1) is 116 Å². The van der Waals surface area contributed by atoms with Crippen molar-refractivity contribution in [2.45, 2.75) is 39.0 Å². The topological polar surface area (TPSA) is 11.3 Å². The first-order valence-corrected chi connectivity index (χ1v) is 18.3. The van der Waals surface area contributed by atoms with Crippen LogP contribution in [0.25, 0.3) is 21.7 Å². The molecule has 1 aromatic heterocycles. The minimum Gasteiger partial charge on any atom is -0.211 e. The molecule has 0 aliphatic rings. The number of hydrogen-bond acceptors (Lipinski definition) is 0. The lowest BCUT2D eigenvalue weighted by Crippen LogP contribution is -2.81. The lowest BCUT2D eigenvalue weighted by atomic mass is 9.12. The summed E-state index contributed by atoms with van der Waals surface area (Å²) in [7, 11) is 0. The molecule has 22 heteroatoms. The van der Waals surface area contributed by atoms with E-state index in [4.69, 9.17) is 4.42 Å². The minimum absolute atomic E-state index is 0.0832. The highest BCUT2D eigenvalue weighted by Gasteiger charge is 2.52. The Balaban J connectivity index is 0.000000289. The van der Waals surface area contributed by atoms with Gasteiger partial charge in [-0.05, 0) is 43.9 Å². The number of hydrogen-bond donors (Lipinski definition) is 0. The standard InChI is InChI=1S/C24BF20.C19H21O/c26-5-1(6(27)14(35)21(42)13(5)34)25(2-7(28)15(36)22(43)16(37)8(2)29,3-9(30)17(38)23(44)18(39)10(3)31)4-11(32)19(40)24(45)20(41)12(4)33;1-4-13-19(2,3)17-12-11-15-10-9-14-7-5-6-8-16(14)18(15)20-17/h;5-12H,4,13H2,1-3H3/q-1;+1. The van der Waals surface area contributed by atoms with Gasteiger partial charge in [0.05, 0.1) is 16.2 Å². The van der Waals surface area contributed by atoms with Gasteiger partial charge in [-0.3, -0.25) is 0 Å². The molecule has 0 spiro atoms. The van der Waals surface area contributed by atoms with Crippen molar-refractivity contribution in [3.63, 3.8) is 0 Å². The molecule has 1 nitrogen and oxygen atoms in total. The summed E-state index contributed by atoms with van der Waals surface area (Å²) in [6.07, 6.45) is -4.92. The summed E-state index contributed by atoms with van der Waals surface area (Å²) in [6.45, 7) is 6.73. The summed E-state index contributed by atoms with van der Waals surface area (Å²) in [5.74, 6) is -70.3. The zero-order chi connectivity index (χ0) is 48.5. The molecule has 0 fully saturated rings. The third kappa shape index (κ3) is 7.28. The molecule has 0 aliphatic heterocycles. The third-order valence-corrected chi connectivity index (χ3v) is 10.8. The largest absolute Gasteiger partial charge is 0.367 e. The van der Waals surface area contributed by atoms with E-state index in [0.717, 1.165) is 24.2 Å². The van der Waals surface area contributed by atoms with E-state index in [1.807, 2.05) is 0 Å². The van der Waals surface area contributed by atoms with Crippen molar-refractivity contribution < 1.29 is 92.2 Å². The van der Waals surface area contributed by atoms with Gasteiger partial charge in [0.15, 0.2) is 69.8 Å². The van der Waals surface area contributed by atoms with Gasteiger partial charge < -0.3 is 0 Å². The molecule has 0 saturated carbocycles. The lowest BCUT2D eigenvalue weighted by molar-refractivity contribution is 0.370. The van der Waals surface area contributed by atoms with Gasteiger partial charge >= 0.3 is 11.3 Å². The summed E-state index contributed by atoms with van der Waals surface area (Å²) >= 11 is 0. The molecule has 0 aliphatic carbocycles. The molecule has 0 unspecified atom stereocenters. The second-order valence-electron chi connectivity index (χ2n) is 14.9. The molecule has 342 valence electrons. The van der Waals surface area contributed by atoms with Gasteiger partial charge in [-0.1, -0.05) is 37.6 Å². The lowest BCUT2D eigenvalue weighted by Gasteiger charge is -2.44. The van der Waals surface area contributed by atoms with Crippen LogP contribution in [0.3, 0.4) is 0 Å². The van der Waals surface area contributed by atoms with Crippen molar-refractivity contribution in [2.24, 2.45) is 0 Å². The molecule has 7 rings (SSSR count). The van der Waals surface area contributed by atoms with E-state index >= 15 is 35.1 Å². The van der Waals surface area contributed by atoms with E-state index < -0.39 is 144 Å². The second-order valence-corrected chi connectivity index (χ2v) is 14.9. The van der Waals surface area contributed by atoms with Crippen LogP contribution in [-0.4, -0.2) is 6.15 Å². The molecule has 0 saturated heterocycles. The number of rotatable bonds is 7. The Kier molecular flexibility index (Phi) is 12.8. The molecule has 65 heavy (non-hydrogen) atoms. The SMILES string of the molecule is CCCC(C)(C)c1ccc2ccc3ccccc3c2[o+]1.Fc1c(F)c(F)c([B-](c2c(F)c(F)c(F)c(F)c2F)(c2c(F)c(F)c(F)c(F)c2F)c2c(F)c(F)c(F)c(F)c2F)c(F)c1F. The average molecular weight is 944 g/mol. The number of fused-ring (bicyclic) bond motifs is 3. The van der Waals surface area contributed by atoms with Gasteiger partial charge in [0, 0.05) is 6.07 Å². The van der Waals surface area contributed by atoms with E-state index in [0.29, 0.717) is 0 Å². The van der Waals surface area contributed by atoms with Crippen molar-refractivity contribution >= 4 is 49.7 Å². The molecule has 7 aromatic rings. The van der Waals surface area contributed by atoms with Crippen LogP contribution in [0.15, 0.2) is 52.9 Å². The Hall–Kier alpha value is -6.35. The van der Waals surface area contributed by atoms with Gasteiger partial charge in [0.25, 0.3) is 0 Å². The van der Waals surface area contributed by atoms with E-state index in [-0.39, 0.29) is 5.41 Å². The highest BCUT2D eigenvalue weighted by molar-refractivity contribution is 7.20. The van der Waals surface area contributed by atoms with Gasteiger partial charge in [-0.25, -0.2) is 92.2 Å². The summed E-state index contributed by atoms with van der Waals surface area (Å²) in [6, 6.07) is 17.0. The number of halogens is 20. The first kappa shape index (κ1) is 48.1. The first-order valence-electron chi connectivity index (χ1n) is 18.3. The van der Waals surface area contributed by atoms with Crippen LogP contribution in [0.2, 0.25) is 0 Å². The van der Waals surface area contributed by atoms with Crippen LogP contribution in [0.4, 0.5) is 87.8 Å². The second kappa shape index (κ2) is 17.2. The van der Waals surface area contributed by atoms with E-state index in [1.54, 1.807) is 0 Å². The molecule has 0 bridgehead atoms. The zero-order valence-electron chi connectivity index (χ0n) is 32.6. The predicted molar refractivity (Wildman–Crippen MR) is 195 cm³/mol. The zero-order valence-corrected chi connectivity index (χ0v) is 32.6. The summed E-state index contributed by atoms with van der Waals surface area (Å²) in [4.78, 5) is 0. The first-order chi connectivity index (χ1) is 30.3. The van der Waals surface area contributed by atoms with Crippen molar-refractivity contribution in [1.29, 1.82) is 0 Å². The van der Waals surface area contributed by atoms with E-state index in [1.165, 1.54) is 16.2 Å². The minimum atomic E-state index is -7.22. The molecule has 0 atom stereocenters. The third-order valence-electron chi connectivity index (χ3n) is 10.8. The Morgan fingerprint density at radius 3 is 0.969 bits per heavy atom. The van der Waals surface area contributed by atoms with Crippen LogP contribution in [0.1, 0.15) is 39.4 Å². The molecule has 0 N–H and O–H groups in total. The predicted octanol–water partition coefficient (Wildman–Crippen LogP) is 11.8. The van der Waals surface area contributed by atoms with Crippen LogP contribution in [-0.2, 0) is 5.41 Å². The van der Waals surface area contributed by atoms with Crippen molar-refractivity contribution in [3.8, 4) is 0 Å². The highest BCUT2D eigenvalue weighted by Crippen LogP contribution is 2.34. The Labute approximate surface area is 351 Å². The molecular formula is C43H21BF20O. The Morgan fingerprint density at radius 2 is 0.646 bits per heavy atom. The maximum atomic E-state index is 15.4. The molecule has 0 amide bonds. The Morgan fingerprint density at radius 1 is 0.369 bits per heavy atom. The van der Waals surface area contributed by atoms with Crippen LogP contribution >= 0.6 is 0 Å². The average Bonchev–Trinajstić information content (AvgIpc) is 3.28. The fraction of sp³-hybridized carbons (Fsp3) is 0.140. The van der Waals surface area contributed by atoms with Crippen molar-refractivity contribution in [2.75, 3.05) is 0 Å². The summed E-state index contributed by atoms with van der Waals surface area (Å²) < 4.78 is 300. The van der Waals surface area contributed by atoms with Gasteiger partial charge in [0.2, 0.25) is 0 Å². The van der Waals surface area contributed by atoms with Gasteiger partial charge in [0.1, 0.15) is 52.7 Å². The quantitative estimate of drug-likeness (QED) is 0.0387. The normalized spacial score (nSPS) is 12.0. The molecule has 6 aromatic carbocycles. The molecule has 0 radical (unpaired) electrons. The fourth-order valence-electron chi connectivity index (χ4n) is 7.80. The van der Waals surface area contributed by atoms with Crippen LogP contribution < -0.4 is 21.9 Å². The van der Waals surface area contributed by atoms with E-state index in [2.05, 4.69) is 69.3 Å².